The second-order valence-electron chi connectivity index (χ2n) is 5.58. The lowest BCUT2D eigenvalue weighted by Crippen LogP contribution is -2.19. The Hall–Kier alpha value is -3.02. The van der Waals surface area contributed by atoms with E-state index in [4.69, 9.17) is 0 Å². The van der Waals surface area contributed by atoms with Gasteiger partial charge >= 0.3 is 0 Å². The van der Waals surface area contributed by atoms with Crippen molar-refractivity contribution in [1.82, 2.24) is 4.57 Å². The molecule has 3 rings (SSSR count). The van der Waals surface area contributed by atoms with E-state index >= 15 is 0 Å². The van der Waals surface area contributed by atoms with Gasteiger partial charge in [-0.05, 0) is 42.0 Å². The fourth-order valence-corrected chi connectivity index (χ4v) is 2.63. The molecule has 1 heterocycles. The molecule has 128 valence electrons. The molecular formula is C19H15F3N2O. The summed E-state index contributed by atoms with van der Waals surface area (Å²) >= 11 is 0. The fourth-order valence-electron chi connectivity index (χ4n) is 2.63. The Morgan fingerprint density at radius 1 is 0.960 bits per heavy atom. The third-order valence-electron chi connectivity index (χ3n) is 3.80. The van der Waals surface area contributed by atoms with E-state index in [9.17, 15) is 18.0 Å². The highest BCUT2D eigenvalue weighted by Gasteiger charge is 2.18. The smallest absolute Gasteiger partial charge is 0.226 e. The number of carbonyl (C=O) groups is 1. The minimum atomic E-state index is -1.04. The van der Waals surface area contributed by atoms with Crippen LogP contribution in [0.4, 0.5) is 18.9 Å². The van der Waals surface area contributed by atoms with Crippen molar-refractivity contribution >= 4 is 11.6 Å². The van der Waals surface area contributed by atoms with Gasteiger partial charge in [0.2, 0.25) is 5.91 Å². The number of carbonyl (C=O) groups excluding carboxylic acids is 1. The van der Waals surface area contributed by atoms with Gasteiger partial charge in [0.15, 0.2) is 11.6 Å². The number of hydrogen-bond donors (Lipinski definition) is 1. The third kappa shape index (κ3) is 4.09. The predicted molar refractivity (Wildman–Crippen MR) is 88.6 cm³/mol. The first-order chi connectivity index (χ1) is 12.0. The van der Waals surface area contributed by atoms with Crippen LogP contribution in [0.2, 0.25) is 0 Å². The maximum atomic E-state index is 13.5. The summed E-state index contributed by atoms with van der Waals surface area (Å²) in [7, 11) is 0. The van der Waals surface area contributed by atoms with Gasteiger partial charge < -0.3 is 9.88 Å². The first-order valence-corrected chi connectivity index (χ1v) is 7.66. The van der Waals surface area contributed by atoms with Gasteiger partial charge in [0.1, 0.15) is 5.82 Å². The molecule has 0 aliphatic rings. The minimum absolute atomic E-state index is 0.0110. The molecule has 2 aromatic carbocycles. The maximum absolute atomic E-state index is 13.5. The van der Waals surface area contributed by atoms with Gasteiger partial charge in [-0.2, -0.15) is 0 Å². The lowest BCUT2D eigenvalue weighted by molar-refractivity contribution is -0.116. The second kappa shape index (κ2) is 7.25. The molecule has 0 radical (unpaired) electrons. The van der Waals surface area contributed by atoms with E-state index < -0.39 is 29.4 Å². The Bertz CT molecular complexity index is 878. The zero-order chi connectivity index (χ0) is 17.8. The highest BCUT2D eigenvalue weighted by atomic mass is 19.2. The Morgan fingerprint density at radius 2 is 1.72 bits per heavy atom. The van der Waals surface area contributed by atoms with Crippen LogP contribution >= 0.6 is 0 Å². The number of nitrogens with zero attached hydrogens (tertiary/aromatic N) is 1. The minimum Gasteiger partial charge on any atom is -0.346 e. The van der Waals surface area contributed by atoms with Crippen LogP contribution in [-0.4, -0.2) is 10.5 Å². The van der Waals surface area contributed by atoms with Crippen LogP contribution in [0.3, 0.4) is 0 Å². The summed E-state index contributed by atoms with van der Waals surface area (Å²) in [5.41, 5.74) is 0.797. The van der Waals surface area contributed by atoms with Gasteiger partial charge in [-0.3, -0.25) is 4.79 Å². The summed E-state index contributed by atoms with van der Waals surface area (Å²) in [6.45, 7) is 0. The molecule has 6 heteroatoms. The Morgan fingerprint density at radius 3 is 2.40 bits per heavy atom. The van der Waals surface area contributed by atoms with E-state index in [0.29, 0.717) is 5.56 Å². The molecule has 1 aromatic heterocycles. The van der Waals surface area contributed by atoms with Crippen LogP contribution in [0.25, 0.3) is 0 Å². The molecule has 0 aliphatic carbocycles. The van der Waals surface area contributed by atoms with Crippen molar-refractivity contribution in [2.24, 2.45) is 0 Å². The van der Waals surface area contributed by atoms with Gasteiger partial charge in [-0.25, -0.2) is 13.2 Å². The number of rotatable bonds is 5. The van der Waals surface area contributed by atoms with E-state index in [0.717, 1.165) is 12.1 Å². The van der Waals surface area contributed by atoms with Crippen molar-refractivity contribution in [2.75, 3.05) is 5.32 Å². The van der Waals surface area contributed by atoms with Gasteiger partial charge in [-0.1, -0.05) is 12.1 Å². The SMILES string of the molecule is O=C(C[C@@H](c1cccc(F)c1)n1cccc1)Nc1ccc(F)c(F)c1. The van der Waals surface area contributed by atoms with Crippen LogP contribution in [0.15, 0.2) is 67.0 Å². The van der Waals surface area contributed by atoms with E-state index in [-0.39, 0.29) is 12.1 Å². The largest absolute Gasteiger partial charge is 0.346 e. The number of amides is 1. The quantitative estimate of drug-likeness (QED) is 0.725. The summed E-state index contributed by atoms with van der Waals surface area (Å²) in [5.74, 6) is -2.81. The van der Waals surface area contributed by atoms with Crippen LogP contribution < -0.4 is 5.32 Å². The number of benzene rings is 2. The number of halogens is 3. The van der Waals surface area contributed by atoms with Crippen LogP contribution in [0, 0.1) is 17.5 Å². The monoisotopic (exact) mass is 344 g/mol. The van der Waals surface area contributed by atoms with E-state index in [1.165, 1.54) is 18.2 Å². The number of anilines is 1. The molecule has 25 heavy (non-hydrogen) atoms. The molecule has 0 fully saturated rings. The average Bonchev–Trinajstić information content (AvgIpc) is 3.10. The lowest BCUT2D eigenvalue weighted by atomic mass is 10.0. The second-order valence-corrected chi connectivity index (χ2v) is 5.58. The Balaban J connectivity index is 1.80. The summed E-state index contributed by atoms with van der Waals surface area (Å²) in [4.78, 5) is 12.3. The first-order valence-electron chi connectivity index (χ1n) is 7.66. The average molecular weight is 344 g/mol. The van der Waals surface area contributed by atoms with Gasteiger partial charge in [0.25, 0.3) is 0 Å². The molecule has 0 bridgehead atoms. The van der Waals surface area contributed by atoms with E-state index in [2.05, 4.69) is 5.32 Å². The molecule has 1 N–H and O–H groups in total. The van der Waals surface area contributed by atoms with Crippen molar-refractivity contribution < 1.29 is 18.0 Å². The van der Waals surface area contributed by atoms with Crippen molar-refractivity contribution in [1.29, 1.82) is 0 Å². The first kappa shape index (κ1) is 16.8. The summed E-state index contributed by atoms with van der Waals surface area (Å²) in [6.07, 6.45) is 3.57. The number of nitrogens with one attached hydrogen (secondary N) is 1. The zero-order valence-corrected chi connectivity index (χ0v) is 13.1. The van der Waals surface area contributed by atoms with Crippen molar-refractivity contribution in [2.45, 2.75) is 12.5 Å². The number of hydrogen-bond acceptors (Lipinski definition) is 1. The molecule has 0 spiro atoms. The number of aromatic nitrogens is 1. The Kier molecular flexibility index (Phi) is 4.88. The molecule has 0 aliphatic heterocycles. The Labute approximate surface area is 142 Å². The summed E-state index contributed by atoms with van der Waals surface area (Å²) < 4.78 is 41.6. The summed E-state index contributed by atoms with van der Waals surface area (Å²) in [6, 6.07) is 12.3. The molecule has 1 amide bonds. The molecule has 3 nitrogen and oxygen atoms in total. The van der Waals surface area contributed by atoms with Crippen molar-refractivity contribution in [3.05, 3.63) is 90.0 Å². The van der Waals surface area contributed by atoms with Crippen LogP contribution in [-0.2, 0) is 4.79 Å². The van der Waals surface area contributed by atoms with Crippen molar-refractivity contribution in [3.63, 3.8) is 0 Å². The summed E-state index contributed by atoms with van der Waals surface area (Å²) in [5, 5.41) is 2.53. The topological polar surface area (TPSA) is 34.0 Å². The molecule has 0 saturated carbocycles. The van der Waals surface area contributed by atoms with E-state index in [1.54, 1.807) is 41.2 Å². The normalized spacial score (nSPS) is 12.0. The van der Waals surface area contributed by atoms with Gasteiger partial charge in [-0.15, -0.1) is 0 Å². The molecule has 0 saturated heterocycles. The molecule has 3 aromatic rings. The van der Waals surface area contributed by atoms with Gasteiger partial charge in [0, 0.05) is 24.1 Å². The van der Waals surface area contributed by atoms with Crippen LogP contribution in [0.5, 0.6) is 0 Å². The van der Waals surface area contributed by atoms with Gasteiger partial charge in [0.05, 0.1) is 12.5 Å². The fraction of sp³-hybridized carbons (Fsp3) is 0.105. The standard InChI is InChI=1S/C19H15F3N2O/c20-14-5-3-4-13(10-14)18(24-8-1-2-9-24)12-19(25)23-15-6-7-16(21)17(22)11-15/h1-11,18H,12H2,(H,23,25)/t18-/m0/s1. The predicted octanol–water partition coefficient (Wildman–Crippen LogP) is 4.52. The zero-order valence-electron chi connectivity index (χ0n) is 13.1. The third-order valence-corrected chi connectivity index (χ3v) is 3.80. The highest BCUT2D eigenvalue weighted by molar-refractivity contribution is 5.91. The van der Waals surface area contributed by atoms with Crippen molar-refractivity contribution in [3.8, 4) is 0 Å². The lowest BCUT2D eigenvalue weighted by Gasteiger charge is -2.19. The molecule has 1 atom stereocenters. The van der Waals surface area contributed by atoms with Crippen LogP contribution in [0.1, 0.15) is 18.0 Å². The maximum Gasteiger partial charge on any atom is 0.226 e. The van der Waals surface area contributed by atoms with E-state index in [1.807, 2.05) is 0 Å². The highest BCUT2D eigenvalue weighted by Crippen LogP contribution is 2.24. The molecular weight excluding hydrogens is 329 g/mol. The molecule has 0 unspecified atom stereocenters.